The van der Waals surface area contributed by atoms with Gasteiger partial charge in [-0.05, 0) is 18.9 Å². The van der Waals surface area contributed by atoms with Crippen molar-refractivity contribution in [1.82, 2.24) is 24.4 Å². The Labute approximate surface area is 164 Å². The SMILES string of the molecule is Cn1cc(NC(O)c2cnn3ccc(NC4CCCCC4)nc23)c(C(F)(F)F)n1. The highest BCUT2D eigenvalue weighted by Crippen LogP contribution is 2.35. The van der Waals surface area contributed by atoms with Crippen molar-refractivity contribution in [2.45, 2.75) is 50.6 Å². The molecule has 0 aromatic carbocycles. The fourth-order valence-corrected chi connectivity index (χ4v) is 3.64. The first-order valence-corrected chi connectivity index (χ1v) is 9.47. The summed E-state index contributed by atoms with van der Waals surface area (Å²) in [4.78, 5) is 4.51. The van der Waals surface area contributed by atoms with Gasteiger partial charge in [0.25, 0.3) is 0 Å². The third-order valence-corrected chi connectivity index (χ3v) is 5.04. The molecule has 156 valence electrons. The van der Waals surface area contributed by atoms with E-state index in [9.17, 15) is 18.3 Å². The first kappa shape index (κ1) is 19.5. The van der Waals surface area contributed by atoms with E-state index in [1.807, 2.05) is 0 Å². The van der Waals surface area contributed by atoms with Crippen LogP contribution in [0.4, 0.5) is 24.7 Å². The Kier molecular flexibility index (Phi) is 5.07. The Balaban J connectivity index is 1.58. The number of alkyl halides is 3. The van der Waals surface area contributed by atoms with Crippen LogP contribution in [-0.2, 0) is 13.2 Å². The van der Waals surface area contributed by atoms with Gasteiger partial charge in [0.2, 0.25) is 0 Å². The van der Waals surface area contributed by atoms with Crippen LogP contribution in [0.1, 0.15) is 49.6 Å². The maximum Gasteiger partial charge on any atom is 0.437 e. The highest BCUT2D eigenvalue weighted by molar-refractivity contribution is 5.56. The van der Waals surface area contributed by atoms with E-state index in [1.54, 1.807) is 12.3 Å². The molecule has 0 aliphatic heterocycles. The maximum atomic E-state index is 13.1. The number of aryl methyl sites for hydroxylation is 1. The van der Waals surface area contributed by atoms with Gasteiger partial charge < -0.3 is 15.7 Å². The number of nitrogens with one attached hydrogen (secondary N) is 2. The standard InChI is InChI=1S/C18H22F3N7O/c1-27-10-13(15(26-27)18(19,20)21)24-17(29)12-9-22-28-8-7-14(25-16(12)28)23-11-5-3-2-4-6-11/h7-11,17,24,29H,2-6H2,1H3,(H,23,25). The number of anilines is 2. The molecule has 0 radical (unpaired) electrons. The number of hydrogen-bond acceptors (Lipinski definition) is 6. The molecule has 8 nitrogen and oxygen atoms in total. The third kappa shape index (κ3) is 4.14. The molecule has 11 heteroatoms. The van der Waals surface area contributed by atoms with Gasteiger partial charge in [-0.15, -0.1) is 0 Å². The summed E-state index contributed by atoms with van der Waals surface area (Å²) in [5, 5.41) is 24.0. The number of nitrogens with zero attached hydrogens (tertiary/aromatic N) is 5. The molecule has 4 rings (SSSR count). The molecular weight excluding hydrogens is 387 g/mol. The van der Waals surface area contributed by atoms with Crippen LogP contribution in [0.2, 0.25) is 0 Å². The van der Waals surface area contributed by atoms with E-state index in [2.05, 4.69) is 25.8 Å². The van der Waals surface area contributed by atoms with Crippen LogP contribution in [0.3, 0.4) is 0 Å². The van der Waals surface area contributed by atoms with Gasteiger partial charge in [0.15, 0.2) is 17.6 Å². The monoisotopic (exact) mass is 409 g/mol. The Morgan fingerprint density at radius 3 is 2.72 bits per heavy atom. The van der Waals surface area contributed by atoms with E-state index >= 15 is 0 Å². The largest absolute Gasteiger partial charge is 0.437 e. The lowest BCUT2D eigenvalue weighted by Crippen LogP contribution is -2.23. The van der Waals surface area contributed by atoms with Gasteiger partial charge in [-0.3, -0.25) is 4.68 Å². The summed E-state index contributed by atoms with van der Waals surface area (Å²) < 4.78 is 42.0. The number of aliphatic hydroxyl groups excluding tert-OH is 1. The zero-order chi connectivity index (χ0) is 20.6. The molecule has 3 aromatic rings. The molecule has 1 atom stereocenters. The summed E-state index contributed by atoms with van der Waals surface area (Å²) in [6, 6.07) is 2.14. The van der Waals surface area contributed by atoms with Crippen LogP contribution in [0.15, 0.2) is 24.7 Å². The molecule has 0 amide bonds. The highest BCUT2D eigenvalue weighted by Gasteiger charge is 2.37. The van der Waals surface area contributed by atoms with Crippen LogP contribution in [0.5, 0.6) is 0 Å². The van der Waals surface area contributed by atoms with E-state index in [0.717, 1.165) is 17.5 Å². The quantitative estimate of drug-likeness (QED) is 0.560. The topological polar surface area (TPSA) is 92.3 Å². The third-order valence-electron chi connectivity index (χ3n) is 5.04. The van der Waals surface area contributed by atoms with Gasteiger partial charge in [-0.25, -0.2) is 9.50 Å². The molecule has 1 aliphatic carbocycles. The molecule has 1 saturated carbocycles. The van der Waals surface area contributed by atoms with E-state index in [-0.39, 0.29) is 11.3 Å². The number of rotatable bonds is 5. The zero-order valence-corrected chi connectivity index (χ0v) is 15.8. The van der Waals surface area contributed by atoms with Crippen LogP contribution in [-0.4, -0.2) is 35.5 Å². The summed E-state index contributed by atoms with van der Waals surface area (Å²) in [6.07, 6.45) is 3.91. The van der Waals surface area contributed by atoms with Crippen molar-refractivity contribution >= 4 is 17.2 Å². The fraction of sp³-hybridized carbons (Fsp3) is 0.500. The minimum absolute atomic E-state index is 0.272. The van der Waals surface area contributed by atoms with Gasteiger partial charge >= 0.3 is 6.18 Å². The second-order valence-electron chi connectivity index (χ2n) is 7.27. The average molecular weight is 409 g/mol. The molecule has 0 spiro atoms. The molecule has 1 unspecified atom stereocenters. The lowest BCUT2D eigenvalue weighted by atomic mass is 9.95. The minimum atomic E-state index is -4.64. The number of halogens is 3. The van der Waals surface area contributed by atoms with Gasteiger partial charge in [-0.1, -0.05) is 19.3 Å². The molecule has 0 bridgehead atoms. The molecule has 0 saturated heterocycles. The molecule has 1 fully saturated rings. The Morgan fingerprint density at radius 2 is 2.00 bits per heavy atom. The molecule has 3 heterocycles. The number of fused-ring (bicyclic) bond motifs is 1. The van der Waals surface area contributed by atoms with Crippen molar-refractivity contribution in [2.24, 2.45) is 7.05 Å². The lowest BCUT2D eigenvalue weighted by Gasteiger charge is -2.23. The second-order valence-corrected chi connectivity index (χ2v) is 7.27. The molecular formula is C18H22F3N7O. The van der Waals surface area contributed by atoms with Crippen molar-refractivity contribution in [3.8, 4) is 0 Å². The van der Waals surface area contributed by atoms with E-state index in [0.29, 0.717) is 17.5 Å². The van der Waals surface area contributed by atoms with Gasteiger partial charge in [0.05, 0.1) is 17.4 Å². The van der Waals surface area contributed by atoms with Crippen molar-refractivity contribution < 1.29 is 18.3 Å². The van der Waals surface area contributed by atoms with Gasteiger partial charge in [0, 0.05) is 25.5 Å². The molecule has 29 heavy (non-hydrogen) atoms. The van der Waals surface area contributed by atoms with E-state index in [1.165, 1.54) is 43.2 Å². The first-order valence-electron chi connectivity index (χ1n) is 9.47. The van der Waals surface area contributed by atoms with Crippen LogP contribution < -0.4 is 10.6 Å². The van der Waals surface area contributed by atoms with Crippen molar-refractivity contribution in [3.63, 3.8) is 0 Å². The Morgan fingerprint density at radius 1 is 1.24 bits per heavy atom. The van der Waals surface area contributed by atoms with E-state index in [4.69, 9.17) is 0 Å². The van der Waals surface area contributed by atoms with E-state index < -0.39 is 18.1 Å². The Hall–Kier alpha value is -2.82. The average Bonchev–Trinajstić information content (AvgIpc) is 3.25. The van der Waals surface area contributed by atoms with Gasteiger partial charge in [0.1, 0.15) is 5.82 Å². The maximum absolute atomic E-state index is 13.1. The summed E-state index contributed by atoms with van der Waals surface area (Å²) in [6.45, 7) is 0. The van der Waals surface area contributed by atoms with Crippen LogP contribution >= 0.6 is 0 Å². The minimum Gasteiger partial charge on any atom is -0.369 e. The number of aromatic nitrogens is 5. The van der Waals surface area contributed by atoms with Crippen LogP contribution in [0, 0.1) is 0 Å². The smallest absolute Gasteiger partial charge is 0.369 e. The lowest BCUT2D eigenvalue weighted by molar-refractivity contribution is -0.140. The molecule has 3 N–H and O–H groups in total. The first-order chi connectivity index (χ1) is 13.8. The summed E-state index contributed by atoms with van der Waals surface area (Å²) >= 11 is 0. The summed E-state index contributed by atoms with van der Waals surface area (Å²) in [5.41, 5.74) is -0.774. The normalized spacial score (nSPS) is 16.9. The zero-order valence-electron chi connectivity index (χ0n) is 15.8. The van der Waals surface area contributed by atoms with Crippen molar-refractivity contribution in [2.75, 3.05) is 10.6 Å². The second kappa shape index (κ2) is 7.54. The predicted octanol–water partition coefficient (Wildman–Crippen LogP) is 3.33. The fourth-order valence-electron chi connectivity index (χ4n) is 3.64. The molecule has 3 aromatic heterocycles. The van der Waals surface area contributed by atoms with Gasteiger partial charge in [-0.2, -0.15) is 23.4 Å². The van der Waals surface area contributed by atoms with Crippen molar-refractivity contribution in [3.05, 3.63) is 35.9 Å². The Bertz CT molecular complexity index is 991. The predicted molar refractivity (Wildman–Crippen MR) is 100 cm³/mol. The molecule has 1 aliphatic rings. The number of hydrogen-bond donors (Lipinski definition) is 3. The summed E-state index contributed by atoms with van der Waals surface area (Å²) in [7, 11) is 1.38. The summed E-state index contributed by atoms with van der Waals surface area (Å²) in [5.74, 6) is 0.649. The number of aliphatic hydroxyl groups is 1. The van der Waals surface area contributed by atoms with Crippen LogP contribution in [0.25, 0.3) is 5.65 Å². The highest BCUT2D eigenvalue weighted by atomic mass is 19.4. The van der Waals surface area contributed by atoms with Crippen molar-refractivity contribution in [1.29, 1.82) is 0 Å².